The van der Waals surface area contributed by atoms with Gasteiger partial charge in [-0.1, -0.05) is 45.7 Å². The molecular formula is C16H16BrClO2. The first-order chi connectivity index (χ1) is 9.47. The number of aliphatic hydroxyl groups is 1. The molecule has 0 saturated carbocycles. The molecule has 1 atom stereocenters. The lowest BCUT2D eigenvalue weighted by Crippen LogP contribution is -2.07. The number of rotatable bonds is 3. The first kappa shape index (κ1) is 15.4. The zero-order valence-electron chi connectivity index (χ0n) is 11.6. The highest BCUT2D eigenvalue weighted by atomic mass is 79.9. The van der Waals surface area contributed by atoms with E-state index in [1.807, 2.05) is 38.1 Å². The van der Waals surface area contributed by atoms with Gasteiger partial charge in [0.2, 0.25) is 0 Å². The van der Waals surface area contributed by atoms with Crippen molar-refractivity contribution in [2.24, 2.45) is 0 Å². The van der Waals surface area contributed by atoms with Gasteiger partial charge in [0.15, 0.2) is 0 Å². The topological polar surface area (TPSA) is 29.5 Å². The summed E-state index contributed by atoms with van der Waals surface area (Å²) in [6.07, 6.45) is -0.824. The molecule has 2 aromatic carbocycles. The summed E-state index contributed by atoms with van der Waals surface area (Å²) in [6, 6.07) is 9.28. The molecule has 0 spiro atoms. The van der Waals surface area contributed by atoms with Crippen molar-refractivity contribution in [3.05, 3.63) is 62.1 Å². The van der Waals surface area contributed by atoms with Gasteiger partial charge in [0.1, 0.15) is 11.9 Å². The fraction of sp³-hybridized carbons (Fsp3) is 0.250. The highest BCUT2D eigenvalue weighted by Gasteiger charge is 2.22. The predicted molar refractivity (Wildman–Crippen MR) is 85.7 cm³/mol. The van der Waals surface area contributed by atoms with Gasteiger partial charge in [-0.25, -0.2) is 0 Å². The summed E-state index contributed by atoms with van der Waals surface area (Å²) in [5, 5.41) is 11.3. The quantitative estimate of drug-likeness (QED) is 0.856. The zero-order valence-corrected chi connectivity index (χ0v) is 13.9. The van der Waals surface area contributed by atoms with Crippen molar-refractivity contribution in [1.29, 1.82) is 0 Å². The SMILES string of the molecule is COc1c(C)cc(Br)c(C)c1C(O)c1ccccc1Cl. The van der Waals surface area contributed by atoms with Crippen molar-refractivity contribution in [3.63, 3.8) is 0 Å². The fourth-order valence-electron chi connectivity index (χ4n) is 2.33. The monoisotopic (exact) mass is 354 g/mol. The largest absolute Gasteiger partial charge is 0.496 e. The molecule has 0 fully saturated rings. The molecule has 2 nitrogen and oxygen atoms in total. The molecule has 2 aromatic rings. The Kier molecular flexibility index (Phi) is 4.74. The number of hydrogen-bond acceptors (Lipinski definition) is 2. The van der Waals surface area contributed by atoms with Crippen LogP contribution in [0, 0.1) is 13.8 Å². The zero-order chi connectivity index (χ0) is 14.9. The molecule has 20 heavy (non-hydrogen) atoms. The number of hydrogen-bond donors (Lipinski definition) is 1. The molecular weight excluding hydrogens is 340 g/mol. The van der Waals surface area contributed by atoms with Gasteiger partial charge in [-0.05, 0) is 37.1 Å². The maximum absolute atomic E-state index is 10.7. The van der Waals surface area contributed by atoms with E-state index in [1.165, 1.54) is 0 Å². The molecule has 1 N–H and O–H groups in total. The fourth-order valence-corrected chi connectivity index (χ4v) is 3.12. The van der Waals surface area contributed by atoms with Gasteiger partial charge in [0.05, 0.1) is 7.11 Å². The minimum Gasteiger partial charge on any atom is -0.496 e. The van der Waals surface area contributed by atoms with E-state index in [2.05, 4.69) is 15.9 Å². The van der Waals surface area contributed by atoms with E-state index < -0.39 is 6.10 Å². The third-order valence-corrected chi connectivity index (χ3v) is 4.55. The van der Waals surface area contributed by atoms with E-state index in [-0.39, 0.29) is 0 Å². The summed E-state index contributed by atoms with van der Waals surface area (Å²) in [5.41, 5.74) is 3.33. The van der Waals surface area contributed by atoms with Gasteiger partial charge in [-0.3, -0.25) is 0 Å². The molecule has 0 aliphatic rings. The second kappa shape index (κ2) is 6.17. The van der Waals surface area contributed by atoms with Gasteiger partial charge in [-0.2, -0.15) is 0 Å². The van der Waals surface area contributed by atoms with Crippen molar-refractivity contribution < 1.29 is 9.84 Å². The second-order valence-corrected chi connectivity index (χ2v) is 5.93. The Bertz CT molecular complexity index is 641. The molecule has 0 saturated heterocycles. The molecule has 0 heterocycles. The van der Waals surface area contributed by atoms with E-state index in [1.54, 1.807) is 13.2 Å². The Morgan fingerprint density at radius 1 is 1.25 bits per heavy atom. The van der Waals surface area contributed by atoms with Crippen LogP contribution in [0.5, 0.6) is 5.75 Å². The summed E-state index contributed by atoms with van der Waals surface area (Å²) in [5.74, 6) is 0.693. The lowest BCUT2D eigenvalue weighted by Gasteiger charge is -2.21. The number of aryl methyl sites for hydroxylation is 1. The average molecular weight is 356 g/mol. The van der Waals surface area contributed by atoms with Crippen molar-refractivity contribution in [2.45, 2.75) is 20.0 Å². The lowest BCUT2D eigenvalue weighted by atomic mass is 9.94. The molecule has 0 amide bonds. The lowest BCUT2D eigenvalue weighted by molar-refractivity contribution is 0.213. The van der Waals surface area contributed by atoms with Gasteiger partial charge < -0.3 is 9.84 Å². The molecule has 0 aromatic heterocycles. The Labute approximate surface area is 132 Å². The summed E-state index contributed by atoms with van der Waals surface area (Å²) >= 11 is 9.70. The van der Waals surface area contributed by atoms with Gasteiger partial charge in [0.25, 0.3) is 0 Å². The summed E-state index contributed by atoms with van der Waals surface area (Å²) in [6.45, 7) is 3.90. The Hall–Kier alpha value is -1.03. The maximum Gasteiger partial charge on any atom is 0.128 e. The minimum atomic E-state index is -0.824. The predicted octanol–water partition coefficient (Wildman–Crippen LogP) is 4.81. The number of halogens is 2. The van der Waals surface area contributed by atoms with E-state index in [0.717, 1.165) is 21.2 Å². The first-order valence-corrected chi connectivity index (χ1v) is 7.40. The maximum atomic E-state index is 10.7. The van der Waals surface area contributed by atoms with Crippen molar-refractivity contribution in [2.75, 3.05) is 7.11 Å². The molecule has 0 aliphatic heterocycles. The molecule has 1 unspecified atom stereocenters. The van der Waals surface area contributed by atoms with Gasteiger partial charge in [-0.15, -0.1) is 0 Å². The van der Waals surface area contributed by atoms with E-state index in [9.17, 15) is 5.11 Å². The second-order valence-electron chi connectivity index (χ2n) is 4.67. The Balaban J connectivity index is 2.66. The molecule has 106 valence electrons. The van der Waals surface area contributed by atoms with Crippen LogP contribution in [0.1, 0.15) is 28.4 Å². The van der Waals surface area contributed by atoms with Crippen molar-refractivity contribution in [3.8, 4) is 5.75 Å². The number of ether oxygens (including phenoxy) is 1. The van der Waals surface area contributed by atoms with Crippen molar-refractivity contribution >= 4 is 27.5 Å². The van der Waals surface area contributed by atoms with E-state index in [4.69, 9.17) is 16.3 Å². The Morgan fingerprint density at radius 3 is 2.50 bits per heavy atom. The van der Waals surface area contributed by atoms with Gasteiger partial charge >= 0.3 is 0 Å². The highest BCUT2D eigenvalue weighted by molar-refractivity contribution is 9.10. The standard InChI is InChI=1S/C16H16BrClO2/c1-9-8-12(17)10(2)14(16(9)20-3)15(19)11-6-4-5-7-13(11)18/h4-8,15,19H,1-3H3. The Morgan fingerprint density at radius 2 is 1.90 bits per heavy atom. The van der Waals surface area contributed by atoms with Crippen LogP contribution in [0.3, 0.4) is 0 Å². The molecule has 0 radical (unpaired) electrons. The highest BCUT2D eigenvalue weighted by Crippen LogP contribution is 2.40. The van der Waals surface area contributed by atoms with Crippen LogP contribution in [0.25, 0.3) is 0 Å². The minimum absolute atomic E-state index is 0.541. The van der Waals surface area contributed by atoms with E-state index in [0.29, 0.717) is 16.3 Å². The third kappa shape index (κ3) is 2.71. The van der Waals surface area contributed by atoms with Crippen LogP contribution >= 0.6 is 27.5 Å². The van der Waals surface area contributed by atoms with Crippen LogP contribution in [-0.4, -0.2) is 12.2 Å². The number of benzene rings is 2. The van der Waals surface area contributed by atoms with Crippen molar-refractivity contribution in [1.82, 2.24) is 0 Å². The van der Waals surface area contributed by atoms with Crippen LogP contribution < -0.4 is 4.74 Å². The van der Waals surface area contributed by atoms with Crippen LogP contribution in [-0.2, 0) is 0 Å². The summed E-state index contributed by atoms with van der Waals surface area (Å²) in [7, 11) is 1.61. The molecule has 2 rings (SSSR count). The third-order valence-electron chi connectivity index (χ3n) is 3.39. The molecule has 0 aliphatic carbocycles. The number of aliphatic hydroxyl groups excluding tert-OH is 1. The molecule has 4 heteroatoms. The summed E-state index contributed by atoms with van der Waals surface area (Å²) in [4.78, 5) is 0. The number of methoxy groups -OCH3 is 1. The van der Waals surface area contributed by atoms with Crippen LogP contribution in [0.2, 0.25) is 5.02 Å². The van der Waals surface area contributed by atoms with Gasteiger partial charge in [0, 0.05) is 20.6 Å². The smallest absolute Gasteiger partial charge is 0.128 e. The normalized spacial score (nSPS) is 12.3. The van der Waals surface area contributed by atoms with Crippen LogP contribution in [0.15, 0.2) is 34.8 Å². The average Bonchev–Trinajstić information content (AvgIpc) is 2.42. The molecule has 0 bridgehead atoms. The van der Waals surface area contributed by atoms with Crippen LogP contribution in [0.4, 0.5) is 0 Å². The summed E-state index contributed by atoms with van der Waals surface area (Å²) < 4.78 is 6.41. The van der Waals surface area contributed by atoms with E-state index >= 15 is 0 Å². The first-order valence-electron chi connectivity index (χ1n) is 6.23.